The quantitative estimate of drug-likeness (QED) is 0.410. The van der Waals surface area contributed by atoms with Crippen molar-refractivity contribution >= 4 is 27.5 Å². The van der Waals surface area contributed by atoms with Crippen molar-refractivity contribution in [3.05, 3.63) is 48.0 Å². The molecule has 1 N–H and O–H groups in total. The fourth-order valence-electron chi connectivity index (χ4n) is 4.05. The molecule has 0 saturated carbocycles. The molecule has 2 aromatic rings. The van der Waals surface area contributed by atoms with E-state index < -0.39 is 16.1 Å². The Bertz CT molecular complexity index is 1230. The molecule has 38 heavy (non-hydrogen) atoms. The molecule has 3 rings (SSSR count). The van der Waals surface area contributed by atoms with Crippen LogP contribution in [0.15, 0.2) is 42.5 Å². The zero-order valence-corrected chi connectivity index (χ0v) is 23.4. The van der Waals surface area contributed by atoms with Crippen molar-refractivity contribution in [2.45, 2.75) is 46.2 Å². The van der Waals surface area contributed by atoms with Crippen molar-refractivity contribution in [1.29, 1.82) is 0 Å². The number of anilines is 1. The number of hydrogen-bond donors (Lipinski definition) is 1. The summed E-state index contributed by atoms with van der Waals surface area (Å²) in [6.45, 7) is 6.58. The summed E-state index contributed by atoms with van der Waals surface area (Å²) in [6.07, 6.45) is 1.44. The van der Waals surface area contributed by atoms with Gasteiger partial charge in [-0.05, 0) is 49.1 Å². The van der Waals surface area contributed by atoms with Crippen LogP contribution < -0.4 is 23.8 Å². The molecular weight excluding hydrogens is 510 g/mol. The highest BCUT2D eigenvalue weighted by Crippen LogP contribution is 2.36. The summed E-state index contributed by atoms with van der Waals surface area (Å²) in [5, 5.41) is 2.89. The number of methoxy groups -OCH3 is 1. The number of nitrogens with one attached hydrogen (secondary N) is 1. The van der Waals surface area contributed by atoms with Gasteiger partial charge in [0.25, 0.3) is 0 Å². The van der Waals surface area contributed by atoms with Gasteiger partial charge in [-0.3, -0.25) is 13.9 Å². The summed E-state index contributed by atoms with van der Waals surface area (Å²) < 4.78 is 42.4. The number of ether oxygens (including phenoxy) is 3. The molecule has 1 aliphatic heterocycles. The molecular formula is C27H37N3O7S. The molecule has 0 fully saturated rings. The first-order chi connectivity index (χ1) is 18.0. The predicted octanol–water partition coefficient (Wildman–Crippen LogP) is 3.16. The van der Waals surface area contributed by atoms with E-state index in [2.05, 4.69) is 5.32 Å². The minimum absolute atomic E-state index is 0.0579. The van der Waals surface area contributed by atoms with E-state index in [4.69, 9.17) is 14.2 Å². The van der Waals surface area contributed by atoms with Crippen LogP contribution in [-0.4, -0.2) is 64.4 Å². The van der Waals surface area contributed by atoms with Gasteiger partial charge < -0.3 is 24.4 Å². The molecule has 10 nitrogen and oxygen atoms in total. The molecule has 208 valence electrons. The molecule has 2 amide bonds. The monoisotopic (exact) mass is 547 g/mol. The maximum Gasteiger partial charge on any atom is 0.242 e. The average Bonchev–Trinajstić information content (AvgIpc) is 3.35. The van der Waals surface area contributed by atoms with E-state index >= 15 is 0 Å². The van der Waals surface area contributed by atoms with Crippen LogP contribution in [0.25, 0.3) is 0 Å². The molecule has 0 bridgehead atoms. The lowest BCUT2D eigenvalue weighted by atomic mass is 10.1. The van der Waals surface area contributed by atoms with E-state index in [1.54, 1.807) is 32.2 Å². The maximum absolute atomic E-state index is 13.4. The molecule has 0 radical (unpaired) electrons. The Kier molecular flexibility index (Phi) is 9.84. The van der Waals surface area contributed by atoms with Crippen LogP contribution in [0.5, 0.6) is 17.2 Å². The van der Waals surface area contributed by atoms with Crippen LogP contribution in [0.1, 0.15) is 39.2 Å². The number of sulfonamides is 1. The average molecular weight is 548 g/mol. The lowest BCUT2D eigenvalue weighted by molar-refractivity contribution is -0.140. The van der Waals surface area contributed by atoms with Gasteiger partial charge in [-0.25, -0.2) is 8.42 Å². The highest BCUT2D eigenvalue weighted by Gasteiger charge is 2.27. The summed E-state index contributed by atoms with van der Waals surface area (Å²) >= 11 is 0. The third-order valence-corrected chi connectivity index (χ3v) is 7.33. The van der Waals surface area contributed by atoms with E-state index in [1.807, 2.05) is 38.1 Å². The SMILES string of the molecule is COc1cccc(CN(C(=O)CCCN(c2ccc3c(c2)OCO3)S(C)(=O)=O)[C@H](C)C(=O)NCC(C)C)c1. The first kappa shape index (κ1) is 29.1. The molecule has 0 aliphatic carbocycles. The van der Waals surface area contributed by atoms with Gasteiger partial charge in [-0.15, -0.1) is 0 Å². The van der Waals surface area contributed by atoms with Crippen LogP contribution in [0.4, 0.5) is 5.69 Å². The number of benzene rings is 2. The topological polar surface area (TPSA) is 114 Å². The van der Waals surface area contributed by atoms with E-state index in [9.17, 15) is 18.0 Å². The van der Waals surface area contributed by atoms with Crippen molar-refractivity contribution in [3.8, 4) is 17.2 Å². The number of amides is 2. The second kappa shape index (κ2) is 12.9. The predicted molar refractivity (Wildman–Crippen MR) is 145 cm³/mol. The van der Waals surface area contributed by atoms with E-state index in [0.29, 0.717) is 29.5 Å². The minimum atomic E-state index is -3.62. The van der Waals surface area contributed by atoms with Gasteiger partial charge in [0.1, 0.15) is 11.8 Å². The number of carbonyl (C=O) groups excluding carboxylic acids is 2. The molecule has 0 saturated heterocycles. The highest BCUT2D eigenvalue weighted by molar-refractivity contribution is 7.92. The summed E-state index contributed by atoms with van der Waals surface area (Å²) in [6, 6.07) is 11.5. The zero-order valence-electron chi connectivity index (χ0n) is 22.6. The summed E-state index contributed by atoms with van der Waals surface area (Å²) in [5.74, 6) is 1.45. The largest absolute Gasteiger partial charge is 0.497 e. The Balaban J connectivity index is 1.73. The Morgan fingerprint density at radius 2 is 1.82 bits per heavy atom. The van der Waals surface area contributed by atoms with Crippen molar-refractivity contribution in [3.63, 3.8) is 0 Å². The van der Waals surface area contributed by atoms with E-state index in [0.717, 1.165) is 11.8 Å². The molecule has 11 heteroatoms. The van der Waals surface area contributed by atoms with Gasteiger partial charge in [-0.2, -0.15) is 0 Å². The maximum atomic E-state index is 13.4. The van der Waals surface area contributed by atoms with Gasteiger partial charge in [0, 0.05) is 32.1 Å². The summed E-state index contributed by atoms with van der Waals surface area (Å²) in [5.41, 5.74) is 1.25. The Labute approximate surface area is 224 Å². The highest BCUT2D eigenvalue weighted by atomic mass is 32.2. The number of rotatable bonds is 13. The fourth-order valence-corrected chi connectivity index (χ4v) is 5.00. The number of carbonyl (C=O) groups is 2. The van der Waals surface area contributed by atoms with Gasteiger partial charge in [0.2, 0.25) is 28.6 Å². The van der Waals surface area contributed by atoms with Crippen LogP contribution >= 0.6 is 0 Å². The van der Waals surface area contributed by atoms with Gasteiger partial charge in [0.15, 0.2) is 11.5 Å². The minimum Gasteiger partial charge on any atom is -0.497 e. The van der Waals surface area contributed by atoms with Crippen molar-refractivity contribution < 1.29 is 32.2 Å². The number of hydrogen-bond acceptors (Lipinski definition) is 7. The molecule has 0 spiro atoms. The van der Waals surface area contributed by atoms with Crippen LogP contribution in [-0.2, 0) is 26.2 Å². The zero-order chi connectivity index (χ0) is 27.9. The molecule has 1 atom stereocenters. The van der Waals surface area contributed by atoms with Crippen LogP contribution in [0.3, 0.4) is 0 Å². The Morgan fingerprint density at radius 1 is 1.08 bits per heavy atom. The van der Waals surface area contributed by atoms with Crippen molar-refractivity contribution in [1.82, 2.24) is 10.2 Å². The number of nitrogens with zero attached hydrogens (tertiary/aromatic N) is 2. The van der Waals surface area contributed by atoms with Crippen LogP contribution in [0, 0.1) is 5.92 Å². The smallest absolute Gasteiger partial charge is 0.242 e. The molecule has 0 aromatic heterocycles. The fraction of sp³-hybridized carbons (Fsp3) is 0.481. The first-order valence-electron chi connectivity index (χ1n) is 12.6. The Morgan fingerprint density at radius 3 is 2.50 bits per heavy atom. The Hall–Kier alpha value is -3.47. The van der Waals surface area contributed by atoms with Gasteiger partial charge >= 0.3 is 0 Å². The van der Waals surface area contributed by atoms with Crippen molar-refractivity contribution in [2.75, 3.05) is 37.6 Å². The standard InChI is InChI=1S/C27H37N3O7S/c1-19(2)16-28-27(32)20(3)29(17-21-8-6-9-23(14-21)35-4)26(31)10-7-13-30(38(5,33)34)22-11-12-24-25(15-22)37-18-36-24/h6,8-9,11-12,14-15,19-20H,7,10,13,16-18H2,1-5H3,(H,28,32)/t20-/m1/s1. The molecule has 1 heterocycles. The second-order valence-electron chi connectivity index (χ2n) is 9.66. The lowest BCUT2D eigenvalue weighted by Gasteiger charge is -2.30. The van der Waals surface area contributed by atoms with Gasteiger partial charge in [-0.1, -0.05) is 26.0 Å². The molecule has 1 aliphatic rings. The first-order valence-corrected chi connectivity index (χ1v) is 14.4. The van der Waals surface area contributed by atoms with Crippen molar-refractivity contribution in [2.24, 2.45) is 5.92 Å². The third kappa shape index (κ3) is 7.77. The van der Waals surface area contributed by atoms with E-state index in [-0.39, 0.29) is 50.5 Å². The normalized spacial score (nSPS) is 13.2. The third-order valence-electron chi connectivity index (χ3n) is 6.14. The summed E-state index contributed by atoms with van der Waals surface area (Å²) in [4.78, 5) is 27.8. The van der Waals surface area contributed by atoms with E-state index in [1.165, 1.54) is 9.21 Å². The van der Waals surface area contributed by atoms with Crippen LogP contribution in [0.2, 0.25) is 0 Å². The van der Waals surface area contributed by atoms with Gasteiger partial charge in [0.05, 0.1) is 19.1 Å². The molecule has 0 unspecified atom stereocenters. The molecule has 2 aromatic carbocycles. The summed E-state index contributed by atoms with van der Waals surface area (Å²) in [7, 11) is -2.05. The number of fused-ring (bicyclic) bond motifs is 1. The second-order valence-corrected chi connectivity index (χ2v) is 11.6. The lowest BCUT2D eigenvalue weighted by Crippen LogP contribution is -2.48.